The molecule has 132 valence electrons. The van der Waals surface area contributed by atoms with Crippen molar-refractivity contribution in [2.75, 3.05) is 33.4 Å². The number of amides is 1. The predicted octanol–water partition coefficient (Wildman–Crippen LogP) is 0.626. The van der Waals surface area contributed by atoms with Gasteiger partial charge in [0.15, 0.2) is 0 Å². The molecule has 3 atom stereocenters. The molecule has 0 aromatic carbocycles. The van der Waals surface area contributed by atoms with Gasteiger partial charge in [-0.2, -0.15) is 5.10 Å². The van der Waals surface area contributed by atoms with E-state index in [1.807, 2.05) is 15.9 Å². The summed E-state index contributed by atoms with van der Waals surface area (Å²) in [5.74, 6) is 1.59. The van der Waals surface area contributed by atoms with Crippen LogP contribution in [0.15, 0.2) is 12.7 Å². The molecular formula is C17H27N5O2. The summed E-state index contributed by atoms with van der Waals surface area (Å²) in [6.07, 6.45) is 8.41. The van der Waals surface area contributed by atoms with Gasteiger partial charge in [0.05, 0.1) is 6.54 Å². The standard InChI is InChI=1S/C17H27N5O2/c1-24-10-17(23)20-5-4-16-14(8-20)6-15(9-21-12-18-11-19-21)22(16)7-13-2-3-13/h11-16H,2-10H2,1H3/t14-,15+,16+/m1/s1. The summed E-state index contributed by atoms with van der Waals surface area (Å²) in [4.78, 5) is 21.0. The normalized spacial score (nSPS) is 30.5. The minimum absolute atomic E-state index is 0.129. The van der Waals surface area contributed by atoms with E-state index in [4.69, 9.17) is 4.74 Å². The van der Waals surface area contributed by atoms with Gasteiger partial charge in [0.25, 0.3) is 0 Å². The van der Waals surface area contributed by atoms with Gasteiger partial charge in [0.1, 0.15) is 19.3 Å². The number of rotatable bonds is 6. The third-order valence-corrected chi connectivity index (χ3v) is 5.81. The third kappa shape index (κ3) is 3.32. The second-order valence-electron chi connectivity index (χ2n) is 7.54. The summed E-state index contributed by atoms with van der Waals surface area (Å²) >= 11 is 0. The molecule has 1 aromatic heterocycles. The lowest BCUT2D eigenvalue weighted by Gasteiger charge is -2.38. The third-order valence-electron chi connectivity index (χ3n) is 5.81. The van der Waals surface area contributed by atoms with Crippen molar-refractivity contribution < 1.29 is 9.53 Å². The molecule has 0 spiro atoms. The van der Waals surface area contributed by atoms with Crippen LogP contribution < -0.4 is 0 Å². The second-order valence-corrected chi connectivity index (χ2v) is 7.54. The Morgan fingerprint density at radius 3 is 2.88 bits per heavy atom. The highest BCUT2D eigenvalue weighted by molar-refractivity contribution is 5.77. The lowest BCUT2D eigenvalue weighted by Crippen LogP contribution is -2.50. The number of fused-ring (bicyclic) bond motifs is 1. The molecule has 1 aliphatic carbocycles. The van der Waals surface area contributed by atoms with Crippen LogP contribution in [0.3, 0.4) is 0 Å². The molecule has 24 heavy (non-hydrogen) atoms. The maximum atomic E-state index is 12.2. The first-order chi connectivity index (χ1) is 11.7. The van der Waals surface area contributed by atoms with Crippen molar-refractivity contribution in [1.82, 2.24) is 24.6 Å². The van der Waals surface area contributed by atoms with Crippen LogP contribution in [-0.4, -0.2) is 75.9 Å². The molecule has 4 rings (SSSR count). The zero-order valence-electron chi connectivity index (χ0n) is 14.4. The summed E-state index contributed by atoms with van der Waals surface area (Å²) < 4.78 is 6.98. The molecule has 0 radical (unpaired) electrons. The van der Waals surface area contributed by atoms with Gasteiger partial charge in [-0.1, -0.05) is 0 Å². The fourth-order valence-electron chi connectivity index (χ4n) is 4.49. The summed E-state index contributed by atoms with van der Waals surface area (Å²) in [5, 5.41) is 4.29. The number of carbonyl (C=O) groups excluding carboxylic acids is 1. The van der Waals surface area contributed by atoms with E-state index in [1.165, 1.54) is 19.4 Å². The highest BCUT2D eigenvalue weighted by Gasteiger charge is 2.46. The molecule has 7 heteroatoms. The molecule has 3 fully saturated rings. The van der Waals surface area contributed by atoms with E-state index in [0.29, 0.717) is 18.0 Å². The minimum atomic E-state index is 0.129. The lowest BCUT2D eigenvalue weighted by molar-refractivity contribution is -0.137. The largest absolute Gasteiger partial charge is 0.375 e. The van der Waals surface area contributed by atoms with Crippen molar-refractivity contribution in [1.29, 1.82) is 0 Å². The first-order valence-corrected chi connectivity index (χ1v) is 9.09. The molecule has 0 N–H and O–H groups in total. The van der Waals surface area contributed by atoms with Crippen molar-refractivity contribution >= 4 is 5.91 Å². The summed E-state index contributed by atoms with van der Waals surface area (Å²) in [6, 6.07) is 1.13. The van der Waals surface area contributed by atoms with Crippen LogP contribution in [0.4, 0.5) is 0 Å². The molecule has 0 bridgehead atoms. The second kappa shape index (κ2) is 6.80. The van der Waals surface area contributed by atoms with Crippen molar-refractivity contribution in [2.24, 2.45) is 11.8 Å². The number of hydrogen-bond donors (Lipinski definition) is 0. The van der Waals surface area contributed by atoms with Gasteiger partial charge in [-0.3, -0.25) is 14.4 Å². The maximum absolute atomic E-state index is 12.2. The first kappa shape index (κ1) is 16.0. The number of ether oxygens (including phenoxy) is 1. The Bertz CT molecular complexity index is 559. The Kier molecular flexibility index (Phi) is 4.54. The Morgan fingerprint density at radius 2 is 2.17 bits per heavy atom. The van der Waals surface area contributed by atoms with Crippen LogP contribution >= 0.6 is 0 Å². The summed E-state index contributed by atoms with van der Waals surface area (Å²) in [6.45, 7) is 4.06. The fourth-order valence-corrected chi connectivity index (χ4v) is 4.49. The molecular weight excluding hydrogens is 306 g/mol. The molecule has 2 saturated heterocycles. The number of nitrogens with zero attached hydrogens (tertiary/aromatic N) is 5. The number of piperidine rings is 1. The van der Waals surface area contributed by atoms with Gasteiger partial charge < -0.3 is 9.64 Å². The topological polar surface area (TPSA) is 63.5 Å². The van der Waals surface area contributed by atoms with Crippen LogP contribution in [0.1, 0.15) is 25.7 Å². The van der Waals surface area contributed by atoms with Gasteiger partial charge in [-0.05, 0) is 37.5 Å². The molecule has 7 nitrogen and oxygen atoms in total. The quantitative estimate of drug-likeness (QED) is 0.764. The average molecular weight is 333 g/mol. The van der Waals surface area contributed by atoms with Crippen LogP contribution in [0.5, 0.6) is 0 Å². The van der Waals surface area contributed by atoms with Crippen LogP contribution in [0.2, 0.25) is 0 Å². The molecule has 3 heterocycles. The predicted molar refractivity (Wildman–Crippen MR) is 88.2 cm³/mol. The van der Waals surface area contributed by atoms with E-state index >= 15 is 0 Å². The lowest BCUT2D eigenvalue weighted by atomic mass is 9.92. The average Bonchev–Trinajstić information content (AvgIpc) is 3.13. The van der Waals surface area contributed by atoms with Crippen molar-refractivity contribution in [2.45, 2.75) is 44.3 Å². The SMILES string of the molecule is COCC(=O)N1CC[C@H]2[C@H](C[C@@H](Cn3cncn3)N2CC2CC2)C1. The fraction of sp³-hybridized carbons (Fsp3) is 0.824. The van der Waals surface area contributed by atoms with Gasteiger partial charge in [0.2, 0.25) is 5.91 Å². The highest BCUT2D eigenvalue weighted by atomic mass is 16.5. The van der Waals surface area contributed by atoms with E-state index < -0.39 is 0 Å². The van der Waals surface area contributed by atoms with Crippen LogP contribution in [-0.2, 0) is 16.1 Å². The number of likely N-dealkylation sites (tertiary alicyclic amines) is 2. The number of hydrogen-bond acceptors (Lipinski definition) is 5. The zero-order chi connectivity index (χ0) is 16.5. The Hall–Kier alpha value is -1.47. The Balaban J connectivity index is 1.44. The van der Waals surface area contributed by atoms with E-state index in [0.717, 1.165) is 38.4 Å². The van der Waals surface area contributed by atoms with E-state index in [1.54, 1.807) is 13.4 Å². The van der Waals surface area contributed by atoms with Gasteiger partial charge in [-0.15, -0.1) is 0 Å². The minimum Gasteiger partial charge on any atom is -0.375 e. The van der Waals surface area contributed by atoms with Crippen LogP contribution in [0, 0.1) is 11.8 Å². The van der Waals surface area contributed by atoms with E-state index in [-0.39, 0.29) is 12.5 Å². The van der Waals surface area contributed by atoms with Gasteiger partial charge in [-0.25, -0.2) is 4.98 Å². The van der Waals surface area contributed by atoms with Crippen LogP contribution in [0.25, 0.3) is 0 Å². The summed E-state index contributed by atoms with van der Waals surface area (Å²) in [5.41, 5.74) is 0. The van der Waals surface area contributed by atoms with Crippen molar-refractivity contribution in [3.8, 4) is 0 Å². The number of aromatic nitrogens is 3. The Morgan fingerprint density at radius 1 is 1.29 bits per heavy atom. The number of carbonyl (C=O) groups is 1. The molecule has 2 aliphatic heterocycles. The Labute approximate surface area is 143 Å². The monoisotopic (exact) mass is 333 g/mol. The molecule has 1 amide bonds. The van der Waals surface area contributed by atoms with Gasteiger partial charge >= 0.3 is 0 Å². The van der Waals surface area contributed by atoms with E-state index in [2.05, 4.69) is 15.0 Å². The van der Waals surface area contributed by atoms with E-state index in [9.17, 15) is 4.79 Å². The zero-order valence-corrected chi connectivity index (χ0v) is 14.4. The molecule has 1 saturated carbocycles. The smallest absolute Gasteiger partial charge is 0.248 e. The molecule has 0 unspecified atom stereocenters. The van der Waals surface area contributed by atoms with Crippen molar-refractivity contribution in [3.05, 3.63) is 12.7 Å². The molecule has 1 aromatic rings. The molecule has 3 aliphatic rings. The number of methoxy groups -OCH3 is 1. The highest BCUT2D eigenvalue weighted by Crippen LogP contribution is 2.40. The van der Waals surface area contributed by atoms with Crippen molar-refractivity contribution in [3.63, 3.8) is 0 Å². The maximum Gasteiger partial charge on any atom is 0.248 e. The first-order valence-electron chi connectivity index (χ1n) is 9.09. The summed E-state index contributed by atoms with van der Waals surface area (Å²) in [7, 11) is 1.59. The van der Waals surface area contributed by atoms with Gasteiger partial charge in [0, 0.05) is 38.8 Å².